The lowest BCUT2D eigenvalue weighted by Crippen LogP contribution is -2.12. The molecule has 0 radical (unpaired) electrons. The number of fused-ring (bicyclic) bond motifs is 1. The van der Waals surface area contributed by atoms with Gasteiger partial charge in [-0.1, -0.05) is 49.1 Å². The summed E-state index contributed by atoms with van der Waals surface area (Å²) < 4.78 is 1.65. The van der Waals surface area contributed by atoms with Gasteiger partial charge >= 0.3 is 0 Å². The summed E-state index contributed by atoms with van der Waals surface area (Å²) in [7, 11) is 0. The summed E-state index contributed by atoms with van der Waals surface area (Å²) in [6.45, 7) is 3.89. The summed E-state index contributed by atoms with van der Waals surface area (Å²) in [5, 5.41) is 7.26. The maximum absolute atomic E-state index is 12.9. The van der Waals surface area contributed by atoms with Gasteiger partial charge in [0.25, 0.3) is 5.91 Å². The van der Waals surface area contributed by atoms with Crippen LogP contribution in [0.25, 0.3) is 22.9 Å². The Morgan fingerprint density at radius 1 is 1.14 bits per heavy atom. The molecular weight excluding hydrogens is 360 g/mol. The zero-order valence-corrected chi connectivity index (χ0v) is 15.9. The monoisotopic (exact) mass is 380 g/mol. The molecule has 0 bridgehead atoms. The van der Waals surface area contributed by atoms with E-state index in [2.05, 4.69) is 22.0 Å². The number of aromatic nitrogens is 3. The van der Waals surface area contributed by atoms with Crippen LogP contribution in [0, 0.1) is 0 Å². The molecule has 29 heavy (non-hydrogen) atoms. The largest absolute Gasteiger partial charge is 0.322 e. The van der Waals surface area contributed by atoms with Gasteiger partial charge in [-0.05, 0) is 47.7 Å². The lowest BCUT2D eigenvalue weighted by atomic mass is 9.99. The molecule has 5 rings (SSSR count). The van der Waals surface area contributed by atoms with Gasteiger partial charge in [-0.2, -0.15) is 5.10 Å². The van der Waals surface area contributed by atoms with E-state index in [1.165, 1.54) is 0 Å². The SMILES string of the molecule is C=Cc1ccccc1-c1cccc(NC(=O)c2cnn3ccc(C4CC4)nc23)c1. The van der Waals surface area contributed by atoms with Crippen molar-refractivity contribution in [2.45, 2.75) is 18.8 Å². The Balaban J connectivity index is 1.45. The van der Waals surface area contributed by atoms with Gasteiger partial charge in [0.15, 0.2) is 5.65 Å². The van der Waals surface area contributed by atoms with Crippen molar-refractivity contribution >= 4 is 23.3 Å². The van der Waals surface area contributed by atoms with Gasteiger partial charge in [0, 0.05) is 23.5 Å². The zero-order chi connectivity index (χ0) is 19.8. The van der Waals surface area contributed by atoms with Crippen LogP contribution in [-0.4, -0.2) is 20.5 Å². The first kappa shape index (κ1) is 17.4. The molecule has 1 saturated carbocycles. The number of rotatable bonds is 5. The van der Waals surface area contributed by atoms with Crippen LogP contribution in [0.4, 0.5) is 5.69 Å². The quantitative estimate of drug-likeness (QED) is 0.520. The summed E-state index contributed by atoms with van der Waals surface area (Å²) in [5.74, 6) is 0.307. The molecule has 0 atom stereocenters. The summed E-state index contributed by atoms with van der Waals surface area (Å²) in [6.07, 6.45) is 7.61. The maximum Gasteiger partial charge on any atom is 0.261 e. The van der Waals surface area contributed by atoms with Gasteiger partial charge in [0.1, 0.15) is 5.56 Å². The van der Waals surface area contributed by atoms with Crippen molar-refractivity contribution in [3.63, 3.8) is 0 Å². The molecule has 4 aromatic rings. The lowest BCUT2D eigenvalue weighted by molar-refractivity contribution is 0.102. The number of hydrogen-bond donors (Lipinski definition) is 1. The topological polar surface area (TPSA) is 59.3 Å². The minimum Gasteiger partial charge on any atom is -0.322 e. The van der Waals surface area contributed by atoms with Crippen molar-refractivity contribution in [3.8, 4) is 11.1 Å². The number of carbonyl (C=O) groups excluding carboxylic acids is 1. The van der Waals surface area contributed by atoms with Gasteiger partial charge in [-0.15, -0.1) is 0 Å². The van der Waals surface area contributed by atoms with Crippen LogP contribution in [0.2, 0.25) is 0 Å². The van der Waals surface area contributed by atoms with E-state index in [-0.39, 0.29) is 5.91 Å². The number of nitrogens with one attached hydrogen (secondary N) is 1. The van der Waals surface area contributed by atoms with E-state index in [4.69, 9.17) is 0 Å². The molecule has 5 heteroatoms. The first-order valence-corrected chi connectivity index (χ1v) is 9.70. The molecule has 0 aliphatic heterocycles. The highest BCUT2D eigenvalue weighted by Gasteiger charge is 2.26. The molecule has 1 aliphatic rings. The Labute approximate surface area is 168 Å². The van der Waals surface area contributed by atoms with Crippen LogP contribution in [0.15, 0.2) is 73.6 Å². The smallest absolute Gasteiger partial charge is 0.261 e. The standard InChI is InChI=1S/C24H20N4O/c1-2-16-6-3-4-9-20(16)18-7-5-8-19(14-18)26-24(29)21-15-25-28-13-12-22(17-10-11-17)27-23(21)28/h2-9,12-15,17H,1,10-11H2,(H,26,29). The molecule has 5 nitrogen and oxygen atoms in total. The third-order valence-electron chi connectivity index (χ3n) is 5.24. The number of benzene rings is 2. The van der Waals surface area contributed by atoms with Crippen molar-refractivity contribution in [2.75, 3.05) is 5.32 Å². The molecule has 2 aromatic carbocycles. The summed E-state index contributed by atoms with van der Waals surface area (Å²) in [6, 6.07) is 17.8. The van der Waals surface area contributed by atoms with Gasteiger partial charge in [0.05, 0.1) is 6.20 Å². The molecule has 2 aromatic heterocycles. The van der Waals surface area contributed by atoms with E-state index in [0.717, 1.165) is 40.9 Å². The molecule has 2 heterocycles. The molecule has 0 saturated heterocycles. The van der Waals surface area contributed by atoms with Crippen molar-refractivity contribution in [2.24, 2.45) is 0 Å². The fraction of sp³-hybridized carbons (Fsp3) is 0.125. The minimum atomic E-state index is -0.213. The summed E-state index contributed by atoms with van der Waals surface area (Å²) in [5.41, 5.74) is 5.98. The van der Waals surface area contributed by atoms with Crippen molar-refractivity contribution in [1.29, 1.82) is 0 Å². The molecule has 0 spiro atoms. The third kappa shape index (κ3) is 3.31. The average molecular weight is 380 g/mol. The number of nitrogens with zero attached hydrogens (tertiary/aromatic N) is 3. The molecule has 142 valence electrons. The van der Waals surface area contributed by atoms with Crippen LogP contribution in [0.5, 0.6) is 0 Å². The molecule has 1 amide bonds. The fourth-order valence-electron chi connectivity index (χ4n) is 3.55. The highest BCUT2D eigenvalue weighted by molar-refractivity contribution is 6.08. The number of hydrogen-bond acceptors (Lipinski definition) is 3. The van der Waals surface area contributed by atoms with Crippen molar-refractivity contribution < 1.29 is 4.79 Å². The lowest BCUT2D eigenvalue weighted by Gasteiger charge is -2.09. The zero-order valence-electron chi connectivity index (χ0n) is 15.9. The van der Waals surface area contributed by atoms with E-state index in [0.29, 0.717) is 17.1 Å². The molecule has 0 unspecified atom stereocenters. The van der Waals surface area contributed by atoms with E-state index >= 15 is 0 Å². The summed E-state index contributed by atoms with van der Waals surface area (Å²) in [4.78, 5) is 17.6. The Morgan fingerprint density at radius 2 is 2.00 bits per heavy atom. The molecule has 1 aliphatic carbocycles. The van der Waals surface area contributed by atoms with Gasteiger partial charge in [-0.25, -0.2) is 9.50 Å². The minimum absolute atomic E-state index is 0.213. The highest BCUT2D eigenvalue weighted by Crippen LogP contribution is 2.39. The van der Waals surface area contributed by atoms with Gasteiger partial charge in [-0.3, -0.25) is 4.79 Å². The second-order valence-corrected chi connectivity index (χ2v) is 7.28. The average Bonchev–Trinajstić information content (AvgIpc) is 3.52. The van der Waals surface area contributed by atoms with Crippen LogP contribution in [0.1, 0.15) is 40.4 Å². The van der Waals surface area contributed by atoms with Crippen LogP contribution in [-0.2, 0) is 0 Å². The van der Waals surface area contributed by atoms with E-state index in [1.54, 1.807) is 10.7 Å². The first-order chi connectivity index (χ1) is 14.2. The van der Waals surface area contributed by atoms with Crippen molar-refractivity contribution in [1.82, 2.24) is 14.6 Å². The first-order valence-electron chi connectivity index (χ1n) is 9.70. The number of anilines is 1. The maximum atomic E-state index is 12.9. The van der Waals surface area contributed by atoms with Crippen molar-refractivity contribution in [3.05, 3.63) is 90.4 Å². The number of amides is 1. The normalized spacial score (nSPS) is 13.4. The Kier molecular flexibility index (Phi) is 4.21. The van der Waals surface area contributed by atoms with E-state index in [9.17, 15) is 4.79 Å². The van der Waals surface area contributed by atoms with Gasteiger partial charge < -0.3 is 5.32 Å². The van der Waals surface area contributed by atoms with Crippen LogP contribution in [0.3, 0.4) is 0 Å². The molecule has 1 N–H and O–H groups in total. The molecule has 1 fully saturated rings. The Morgan fingerprint density at radius 3 is 2.83 bits per heavy atom. The van der Waals surface area contributed by atoms with E-state index in [1.807, 2.05) is 66.9 Å². The van der Waals surface area contributed by atoms with Crippen LogP contribution >= 0.6 is 0 Å². The predicted molar refractivity (Wildman–Crippen MR) is 115 cm³/mol. The van der Waals surface area contributed by atoms with E-state index < -0.39 is 0 Å². The fourth-order valence-corrected chi connectivity index (χ4v) is 3.55. The second-order valence-electron chi connectivity index (χ2n) is 7.28. The predicted octanol–water partition coefficient (Wildman–Crippen LogP) is 5.17. The highest BCUT2D eigenvalue weighted by atomic mass is 16.1. The number of carbonyl (C=O) groups is 1. The second kappa shape index (κ2) is 7.02. The Hall–Kier alpha value is -3.73. The van der Waals surface area contributed by atoms with Gasteiger partial charge in [0.2, 0.25) is 0 Å². The molecular formula is C24H20N4O. The third-order valence-corrected chi connectivity index (χ3v) is 5.24. The summed E-state index contributed by atoms with van der Waals surface area (Å²) >= 11 is 0. The van der Waals surface area contributed by atoms with Crippen LogP contribution < -0.4 is 5.32 Å². The Bertz CT molecular complexity index is 1240.